The van der Waals surface area contributed by atoms with E-state index in [4.69, 9.17) is 4.98 Å². The predicted octanol–water partition coefficient (Wildman–Crippen LogP) is 6.63. The predicted molar refractivity (Wildman–Crippen MR) is 162 cm³/mol. The van der Waals surface area contributed by atoms with Crippen molar-refractivity contribution in [3.63, 3.8) is 0 Å². The smallest absolute Gasteiger partial charge is 0.261 e. The standard InChI is InChI=1S/C28H23FN4O3S3.ClH/c1-33-15-14-20-24(16-33)38-28(25(20)27-30-22-8-4-5-9-23(22)37-27)31-26(34)19-6-2-3-7-21(19)32-39(35,36)18-12-10-17(29)11-13-18;/h2-13,32H,14-16H2,1H3,(H,31,34);1H. The van der Waals surface area contributed by atoms with Gasteiger partial charge < -0.3 is 10.2 Å². The molecule has 0 bridgehead atoms. The highest BCUT2D eigenvalue weighted by atomic mass is 35.5. The minimum atomic E-state index is -4.04. The first kappa shape index (κ1) is 28.2. The third-order valence-corrected chi connectivity index (χ3v) is 10.1. The maximum atomic E-state index is 13.6. The first-order valence-electron chi connectivity index (χ1n) is 12.2. The van der Waals surface area contributed by atoms with E-state index in [9.17, 15) is 17.6 Å². The van der Waals surface area contributed by atoms with Crippen LogP contribution in [0.3, 0.4) is 0 Å². The number of hydrogen-bond donors (Lipinski definition) is 2. The molecule has 40 heavy (non-hydrogen) atoms. The van der Waals surface area contributed by atoms with Crippen LogP contribution in [-0.2, 0) is 23.0 Å². The van der Waals surface area contributed by atoms with Gasteiger partial charge in [-0.05, 0) is 67.6 Å². The number of hydrogen-bond acceptors (Lipinski definition) is 7. The molecule has 1 aliphatic heterocycles. The molecule has 7 nitrogen and oxygen atoms in total. The van der Waals surface area contributed by atoms with Gasteiger partial charge in [-0.1, -0.05) is 24.3 Å². The summed E-state index contributed by atoms with van der Waals surface area (Å²) in [4.78, 5) is 21.8. The maximum Gasteiger partial charge on any atom is 0.261 e. The fraction of sp³-hybridized carbons (Fsp3) is 0.143. The van der Waals surface area contributed by atoms with Crippen molar-refractivity contribution in [1.82, 2.24) is 9.88 Å². The SMILES string of the molecule is CN1CCc2c(sc(NC(=O)c3ccccc3NS(=O)(=O)c3ccc(F)cc3)c2-c2nc3ccccc3s2)C1.Cl. The second-order valence-electron chi connectivity index (χ2n) is 9.24. The summed E-state index contributed by atoms with van der Waals surface area (Å²) in [5.74, 6) is -0.982. The molecular formula is C28H24ClFN4O3S3. The van der Waals surface area contributed by atoms with E-state index in [1.807, 2.05) is 24.3 Å². The van der Waals surface area contributed by atoms with E-state index in [1.54, 1.807) is 29.5 Å². The lowest BCUT2D eigenvalue weighted by atomic mass is 10.0. The summed E-state index contributed by atoms with van der Waals surface area (Å²) >= 11 is 3.12. The van der Waals surface area contributed by atoms with Gasteiger partial charge in [0, 0.05) is 23.5 Å². The van der Waals surface area contributed by atoms with Crippen LogP contribution < -0.4 is 10.0 Å². The quantitative estimate of drug-likeness (QED) is 0.224. The number of benzene rings is 3. The largest absolute Gasteiger partial charge is 0.313 e. The summed E-state index contributed by atoms with van der Waals surface area (Å²) < 4.78 is 42.8. The molecule has 0 aliphatic carbocycles. The van der Waals surface area contributed by atoms with Crippen LogP contribution in [0.15, 0.2) is 77.7 Å². The number of aromatic nitrogens is 1. The van der Waals surface area contributed by atoms with Gasteiger partial charge in [-0.15, -0.1) is 35.1 Å². The van der Waals surface area contributed by atoms with Crippen LogP contribution in [0.25, 0.3) is 20.8 Å². The lowest BCUT2D eigenvalue weighted by molar-refractivity contribution is 0.102. The van der Waals surface area contributed by atoms with E-state index in [0.717, 1.165) is 52.4 Å². The summed E-state index contributed by atoms with van der Waals surface area (Å²) in [6, 6.07) is 18.9. The number of para-hydroxylation sites is 2. The lowest BCUT2D eigenvalue weighted by Crippen LogP contribution is -2.25. The van der Waals surface area contributed by atoms with Crippen LogP contribution in [0.4, 0.5) is 15.1 Å². The summed E-state index contributed by atoms with van der Waals surface area (Å²) in [7, 11) is -1.97. The fourth-order valence-corrected chi connectivity index (χ4v) is 8.10. The van der Waals surface area contributed by atoms with Crippen LogP contribution in [0.2, 0.25) is 0 Å². The Bertz CT molecular complexity index is 1790. The number of rotatable bonds is 6. The van der Waals surface area contributed by atoms with Gasteiger partial charge >= 0.3 is 0 Å². The van der Waals surface area contributed by atoms with Gasteiger partial charge in [-0.2, -0.15) is 0 Å². The second kappa shape index (κ2) is 11.3. The van der Waals surface area contributed by atoms with Crippen LogP contribution in [0.1, 0.15) is 20.8 Å². The second-order valence-corrected chi connectivity index (χ2v) is 13.1. The van der Waals surface area contributed by atoms with Gasteiger partial charge in [0.1, 0.15) is 15.8 Å². The Hall–Kier alpha value is -3.35. The van der Waals surface area contributed by atoms with Crippen LogP contribution in [0, 0.1) is 5.82 Å². The molecule has 3 aromatic carbocycles. The minimum Gasteiger partial charge on any atom is -0.313 e. The number of likely N-dealkylation sites (N-methyl/N-ethyl adjacent to an activating group) is 1. The Morgan fingerprint density at radius 1 is 1.00 bits per heavy atom. The molecule has 0 spiro atoms. The highest BCUT2D eigenvalue weighted by Gasteiger charge is 2.27. The number of nitrogens with one attached hydrogen (secondary N) is 2. The number of amides is 1. The van der Waals surface area contributed by atoms with Crippen molar-refractivity contribution in [3.8, 4) is 10.6 Å². The average molecular weight is 615 g/mol. The number of sulfonamides is 1. The van der Waals surface area contributed by atoms with E-state index in [1.165, 1.54) is 40.0 Å². The highest BCUT2D eigenvalue weighted by molar-refractivity contribution is 7.92. The summed E-state index contributed by atoms with van der Waals surface area (Å²) in [6.07, 6.45) is 0.845. The van der Waals surface area contributed by atoms with Crippen molar-refractivity contribution < 1.29 is 17.6 Å². The Kier molecular flexibility index (Phi) is 7.94. The van der Waals surface area contributed by atoms with Crippen LogP contribution in [0.5, 0.6) is 0 Å². The monoisotopic (exact) mass is 614 g/mol. The molecule has 0 saturated carbocycles. The molecule has 3 heterocycles. The number of halogens is 2. The van der Waals surface area contributed by atoms with Crippen LogP contribution >= 0.6 is 35.1 Å². The third kappa shape index (κ3) is 5.48. The van der Waals surface area contributed by atoms with Crippen molar-refractivity contribution in [1.29, 1.82) is 0 Å². The van der Waals surface area contributed by atoms with Gasteiger partial charge in [0.25, 0.3) is 15.9 Å². The number of nitrogens with zero attached hydrogens (tertiary/aromatic N) is 2. The van der Waals surface area contributed by atoms with Gasteiger partial charge in [-0.3, -0.25) is 9.52 Å². The first-order valence-corrected chi connectivity index (χ1v) is 15.3. The average Bonchev–Trinajstić information content (AvgIpc) is 3.49. The van der Waals surface area contributed by atoms with E-state index in [-0.39, 0.29) is 28.6 Å². The molecule has 2 N–H and O–H groups in total. The number of carbonyl (C=O) groups is 1. The van der Waals surface area contributed by atoms with E-state index in [0.29, 0.717) is 5.00 Å². The Balaban J connectivity index is 0.00000323. The summed E-state index contributed by atoms with van der Waals surface area (Å²) in [6.45, 7) is 1.69. The minimum absolute atomic E-state index is 0. The van der Waals surface area contributed by atoms with Gasteiger partial charge in [0.15, 0.2) is 0 Å². The zero-order valence-electron chi connectivity index (χ0n) is 21.2. The van der Waals surface area contributed by atoms with E-state index < -0.39 is 21.7 Å². The third-order valence-electron chi connectivity index (χ3n) is 6.52. The first-order chi connectivity index (χ1) is 18.8. The number of anilines is 2. The topological polar surface area (TPSA) is 91.4 Å². The zero-order valence-corrected chi connectivity index (χ0v) is 24.4. The molecule has 0 unspecified atom stereocenters. The number of thiazole rings is 1. The van der Waals surface area contributed by atoms with Gasteiger partial charge in [-0.25, -0.2) is 17.8 Å². The highest BCUT2D eigenvalue weighted by Crippen LogP contribution is 2.45. The number of thiophene rings is 1. The molecule has 2 aromatic heterocycles. The molecule has 206 valence electrons. The molecule has 0 atom stereocenters. The normalized spacial score (nSPS) is 13.4. The van der Waals surface area contributed by atoms with Gasteiger partial charge in [0.05, 0.1) is 26.4 Å². The summed E-state index contributed by atoms with van der Waals surface area (Å²) in [5.41, 5.74) is 3.33. The molecule has 0 saturated heterocycles. The number of carbonyl (C=O) groups excluding carboxylic acids is 1. The molecule has 0 radical (unpaired) electrons. The maximum absolute atomic E-state index is 13.6. The molecule has 1 amide bonds. The Morgan fingerprint density at radius 3 is 2.50 bits per heavy atom. The molecule has 6 rings (SSSR count). The Labute approximate surface area is 245 Å². The van der Waals surface area contributed by atoms with Crippen molar-refractivity contribution in [2.24, 2.45) is 0 Å². The molecular weight excluding hydrogens is 591 g/mol. The van der Waals surface area contributed by atoms with Crippen molar-refractivity contribution in [2.75, 3.05) is 23.6 Å². The van der Waals surface area contributed by atoms with Crippen LogP contribution in [-0.4, -0.2) is 37.8 Å². The summed E-state index contributed by atoms with van der Waals surface area (Å²) in [5, 5.41) is 4.59. The fourth-order valence-electron chi connectivity index (χ4n) is 4.58. The Morgan fingerprint density at radius 2 is 1.73 bits per heavy atom. The van der Waals surface area contributed by atoms with Crippen molar-refractivity contribution in [2.45, 2.75) is 17.9 Å². The van der Waals surface area contributed by atoms with Crippen molar-refractivity contribution >= 4 is 71.9 Å². The molecule has 12 heteroatoms. The molecule has 0 fully saturated rings. The van der Waals surface area contributed by atoms with Gasteiger partial charge in [0.2, 0.25) is 0 Å². The number of fused-ring (bicyclic) bond motifs is 2. The van der Waals surface area contributed by atoms with E-state index >= 15 is 0 Å². The lowest BCUT2D eigenvalue weighted by Gasteiger charge is -2.22. The molecule has 5 aromatic rings. The van der Waals surface area contributed by atoms with E-state index in [2.05, 4.69) is 22.0 Å². The zero-order chi connectivity index (χ0) is 27.1. The van der Waals surface area contributed by atoms with Crippen molar-refractivity contribution in [3.05, 3.63) is 94.6 Å². The molecule has 1 aliphatic rings.